The summed E-state index contributed by atoms with van der Waals surface area (Å²) in [6.07, 6.45) is 1.40. The van der Waals surface area contributed by atoms with Gasteiger partial charge in [-0.3, -0.25) is 14.4 Å². The van der Waals surface area contributed by atoms with Crippen LogP contribution in [0.25, 0.3) is 0 Å². The van der Waals surface area contributed by atoms with Gasteiger partial charge in [0, 0.05) is 11.4 Å². The number of hydrogen-bond acceptors (Lipinski definition) is 5. The smallest absolute Gasteiger partial charge is 0.329 e. The molecule has 3 aromatic carbocycles. The summed E-state index contributed by atoms with van der Waals surface area (Å²) in [5.41, 5.74) is 6.03. The van der Waals surface area contributed by atoms with Gasteiger partial charge in [-0.1, -0.05) is 30.3 Å². The number of amides is 3. The van der Waals surface area contributed by atoms with Crippen molar-refractivity contribution in [2.24, 2.45) is 5.10 Å². The summed E-state index contributed by atoms with van der Waals surface area (Å²) in [5.74, 6) is -1.45. The van der Waals surface area contributed by atoms with Crippen molar-refractivity contribution in [3.05, 3.63) is 89.5 Å². The Bertz CT molecular complexity index is 1170. The molecule has 3 N–H and O–H groups in total. The summed E-state index contributed by atoms with van der Waals surface area (Å²) < 4.78 is 5.49. The highest BCUT2D eigenvalue weighted by molar-refractivity contribution is 6.39. The molecular formula is C25H24N4O4. The molecule has 3 aromatic rings. The minimum absolute atomic E-state index is 0.132. The number of rotatable bonds is 7. The van der Waals surface area contributed by atoms with Crippen molar-refractivity contribution in [2.75, 3.05) is 17.2 Å². The number of hydrazone groups is 1. The molecule has 0 atom stereocenters. The largest absolute Gasteiger partial charge is 0.484 e. The van der Waals surface area contributed by atoms with Gasteiger partial charge >= 0.3 is 11.8 Å². The van der Waals surface area contributed by atoms with E-state index in [1.165, 1.54) is 6.21 Å². The molecule has 3 amide bonds. The average Bonchev–Trinajstić information content (AvgIpc) is 2.80. The van der Waals surface area contributed by atoms with Crippen LogP contribution >= 0.6 is 0 Å². The standard InChI is InChI=1S/C25H24N4O4/c1-17-6-5-8-20(14-17)27-23(30)16-33-21-12-10-19(11-13-21)15-26-29-25(32)24(31)28-22-9-4-3-7-18(22)2/h3-15H,16H2,1-2H3,(H,27,30)(H,28,31)(H,29,32)/b26-15-. The molecule has 168 valence electrons. The van der Waals surface area contributed by atoms with Crippen molar-refractivity contribution in [1.29, 1.82) is 0 Å². The number of ether oxygens (including phenoxy) is 1. The van der Waals surface area contributed by atoms with Crippen molar-refractivity contribution in [3.8, 4) is 5.75 Å². The zero-order valence-corrected chi connectivity index (χ0v) is 18.3. The highest BCUT2D eigenvalue weighted by Gasteiger charge is 2.13. The molecule has 0 saturated carbocycles. The highest BCUT2D eigenvalue weighted by Crippen LogP contribution is 2.13. The summed E-state index contributed by atoms with van der Waals surface area (Å²) >= 11 is 0. The Morgan fingerprint density at radius 1 is 0.879 bits per heavy atom. The number of carbonyl (C=O) groups is 3. The molecule has 0 unspecified atom stereocenters. The monoisotopic (exact) mass is 444 g/mol. The maximum atomic E-state index is 12.0. The number of anilines is 2. The van der Waals surface area contributed by atoms with Crippen molar-refractivity contribution in [2.45, 2.75) is 13.8 Å². The average molecular weight is 444 g/mol. The van der Waals surface area contributed by atoms with Gasteiger partial charge in [0.05, 0.1) is 6.21 Å². The van der Waals surface area contributed by atoms with E-state index < -0.39 is 11.8 Å². The normalized spacial score (nSPS) is 10.5. The molecule has 8 nitrogen and oxygen atoms in total. The SMILES string of the molecule is Cc1cccc(NC(=O)COc2ccc(/C=N\NC(=O)C(=O)Nc3ccccc3C)cc2)c1. The number of nitrogens with one attached hydrogen (secondary N) is 3. The lowest BCUT2D eigenvalue weighted by atomic mass is 10.2. The van der Waals surface area contributed by atoms with Gasteiger partial charge in [0.15, 0.2) is 6.61 Å². The van der Waals surface area contributed by atoms with E-state index in [1.807, 2.05) is 50.2 Å². The summed E-state index contributed by atoms with van der Waals surface area (Å²) in [6.45, 7) is 3.64. The van der Waals surface area contributed by atoms with Gasteiger partial charge in [0.1, 0.15) is 5.75 Å². The van der Waals surface area contributed by atoms with Crippen molar-refractivity contribution >= 4 is 35.3 Å². The van der Waals surface area contributed by atoms with Crippen LogP contribution in [-0.4, -0.2) is 30.5 Å². The molecule has 0 aliphatic carbocycles. The van der Waals surface area contributed by atoms with Crippen molar-refractivity contribution < 1.29 is 19.1 Å². The number of nitrogens with zero attached hydrogens (tertiary/aromatic N) is 1. The first-order chi connectivity index (χ1) is 15.9. The van der Waals surface area contributed by atoms with E-state index in [9.17, 15) is 14.4 Å². The molecule has 0 spiro atoms. The van der Waals surface area contributed by atoms with Crippen molar-refractivity contribution in [1.82, 2.24) is 5.43 Å². The Hall–Kier alpha value is -4.46. The number of hydrogen-bond donors (Lipinski definition) is 3. The first-order valence-corrected chi connectivity index (χ1v) is 10.2. The van der Waals surface area contributed by atoms with Gasteiger partial charge in [0.25, 0.3) is 5.91 Å². The van der Waals surface area contributed by atoms with E-state index in [4.69, 9.17) is 4.74 Å². The molecular weight excluding hydrogens is 420 g/mol. The lowest BCUT2D eigenvalue weighted by Crippen LogP contribution is -2.32. The summed E-state index contributed by atoms with van der Waals surface area (Å²) in [6, 6.07) is 21.4. The molecule has 0 aromatic heterocycles. The summed E-state index contributed by atoms with van der Waals surface area (Å²) in [4.78, 5) is 35.9. The van der Waals surface area contributed by atoms with Crippen LogP contribution in [0.15, 0.2) is 77.9 Å². The quantitative estimate of drug-likeness (QED) is 0.295. The maximum absolute atomic E-state index is 12.0. The van der Waals surface area contributed by atoms with E-state index in [-0.39, 0.29) is 12.5 Å². The Morgan fingerprint density at radius 3 is 2.36 bits per heavy atom. The molecule has 3 rings (SSSR count). The number of aryl methyl sites for hydroxylation is 2. The van der Waals surface area contributed by atoms with Crippen LogP contribution in [0.3, 0.4) is 0 Å². The minimum atomic E-state index is -0.880. The van der Waals surface area contributed by atoms with Gasteiger partial charge in [-0.2, -0.15) is 5.10 Å². The third-order valence-corrected chi connectivity index (χ3v) is 4.53. The fourth-order valence-corrected chi connectivity index (χ4v) is 2.83. The first kappa shape index (κ1) is 23.2. The second kappa shape index (κ2) is 11.2. The van der Waals surface area contributed by atoms with Crippen LogP contribution in [0, 0.1) is 13.8 Å². The van der Waals surface area contributed by atoms with Crippen LogP contribution < -0.4 is 20.8 Å². The summed E-state index contributed by atoms with van der Waals surface area (Å²) in [7, 11) is 0. The molecule has 0 radical (unpaired) electrons. The highest BCUT2D eigenvalue weighted by atomic mass is 16.5. The summed E-state index contributed by atoms with van der Waals surface area (Å²) in [5, 5.41) is 9.10. The molecule has 0 saturated heterocycles. The topological polar surface area (TPSA) is 109 Å². The Labute approximate surface area is 191 Å². The van der Waals surface area contributed by atoms with Crippen LogP contribution in [0.5, 0.6) is 5.75 Å². The Kier molecular flexibility index (Phi) is 7.91. The molecule has 0 fully saturated rings. The van der Waals surface area contributed by atoms with Gasteiger partial charge in [0.2, 0.25) is 0 Å². The fraction of sp³-hybridized carbons (Fsp3) is 0.120. The minimum Gasteiger partial charge on any atom is -0.484 e. The molecule has 0 aliphatic heterocycles. The third kappa shape index (κ3) is 7.32. The molecule has 33 heavy (non-hydrogen) atoms. The van der Waals surface area contributed by atoms with Gasteiger partial charge < -0.3 is 15.4 Å². The van der Waals surface area contributed by atoms with Gasteiger partial charge in [-0.25, -0.2) is 5.43 Å². The van der Waals surface area contributed by atoms with Crippen LogP contribution in [0.1, 0.15) is 16.7 Å². The number of carbonyl (C=O) groups excluding carboxylic acids is 3. The number of para-hydroxylation sites is 1. The third-order valence-electron chi connectivity index (χ3n) is 4.53. The lowest BCUT2D eigenvalue weighted by Gasteiger charge is -2.08. The van der Waals surface area contributed by atoms with E-state index in [0.717, 1.165) is 11.1 Å². The molecule has 8 heteroatoms. The zero-order valence-electron chi connectivity index (χ0n) is 18.3. The maximum Gasteiger partial charge on any atom is 0.329 e. The van der Waals surface area contributed by atoms with E-state index in [0.29, 0.717) is 22.7 Å². The van der Waals surface area contributed by atoms with Crippen LogP contribution in [0.4, 0.5) is 11.4 Å². The predicted octanol–water partition coefficient (Wildman–Crippen LogP) is 3.41. The second-order valence-corrected chi connectivity index (χ2v) is 7.24. The Balaban J connectivity index is 1.44. The predicted molar refractivity (Wildman–Crippen MR) is 127 cm³/mol. The molecule has 0 aliphatic rings. The van der Waals surface area contributed by atoms with Crippen LogP contribution in [-0.2, 0) is 14.4 Å². The second-order valence-electron chi connectivity index (χ2n) is 7.24. The van der Waals surface area contributed by atoms with Gasteiger partial charge in [-0.15, -0.1) is 0 Å². The molecule has 0 bridgehead atoms. The van der Waals surface area contributed by atoms with E-state index in [2.05, 4.69) is 21.2 Å². The molecule has 0 heterocycles. The van der Waals surface area contributed by atoms with Crippen LogP contribution in [0.2, 0.25) is 0 Å². The first-order valence-electron chi connectivity index (χ1n) is 10.2. The van der Waals surface area contributed by atoms with E-state index in [1.54, 1.807) is 36.4 Å². The van der Waals surface area contributed by atoms with Gasteiger partial charge in [-0.05, 0) is 73.0 Å². The van der Waals surface area contributed by atoms with Crippen molar-refractivity contribution in [3.63, 3.8) is 0 Å². The lowest BCUT2D eigenvalue weighted by molar-refractivity contribution is -0.136. The van der Waals surface area contributed by atoms with E-state index >= 15 is 0 Å². The zero-order chi connectivity index (χ0) is 23.6. The number of benzene rings is 3. The Morgan fingerprint density at radius 2 is 1.64 bits per heavy atom. The fourth-order valence-electron chi connectivity index (χ4n) is 2.83.